The van der Waals surface area contributed by atoms with Crippen molar-refractivity contribution in [1.82, 2.24) is 4.98 Å². The molecule has 0 aromatic carbocycles. The molecule has 1 aliphatic carbocycles. The van der Waals surface area contributed by atoms with Crippen LogP contribution in [0.15, 0.2) is 48.2 Å². The van der Waals surface area contributed by atoms with Crippen LogP contribution in [0.2, 0.25) is 0 Å². The van der Waals surface area contributed by atoms with Crippen molar-refractivity contribution in [3.05, 3.63) is 53.9 Å². The predicted molar refractivity (Wildman–Crippen MR) is 73.2 cm³/mol. The lowest BCUT2D eigenvalue weighted by atomic mass is 9.84. The number of carbonyl (C=O) groups excluding carboxylic acids is 1. The van der Waals surface area contributed by atoms with Gasteiger partial charge in [0.05, 0.1) is 11.2 Å². The summed E-state index contributed by atoms with van der Waals surface area (Å²) in [6, 6.07) is 5.68. The second kappa shape index (κ2) is 5.80. The van der Waals surface area contributed by atoms with Crippen LogP contribution in [0.5, 0.6) is 0 Å². The summed E-state index contributed by atoms with van der Waals surface area (Å²) in [6.07, 6.45) is 8.49. The van der Waals surface area contributed by atoms with E-state index in [1.807, 2.05) is 36.4 Å². The maximum Gasteiger partial charge on any atom is 0.305 e. The van der Waals surface area contributed by atoms with E-state index in [0.717, 1.165) is 11.3 Å². The number of nitrogens with zero attached hydrogens (tertiary/aromatic N) is 1. The lowest BCUT2D eigenvalue weighted by Crippen LogP contribution is -2.37. The third-order valence-electron chi connectivity index (χ3n) is 3.09. The van der Waals surface area contributed by atoms with Gasteiger partial charge in [-0.25, -0.2) is 0 Å². The Morgan fingerprint density at radius 1 is 1.53 bits per heavy atom. The number of esters is 1. The van der Waals surface area contributed by atoms with Crippen LogP contribution >= 0.6 is 0 Å². The van der Waals surface area contributed by atoms with E-state index < -0.39 is 5.54 Å². The fourth-order valence-corrected chi connectivity index (χ4v) is 2.04. The molecule has 4 heteroatoms. The number of ether oxygens (including phenoxy) is 1. The molecule has 0 saturated carbocycles. The smallest absolute Gasteiger partial charge is 0.305 e. The first kappa shape index (κ1) is 13.5. The molecule has 1 aliphatic rings. The van der Waals surface area contributed by atoms with Crippen LogP contribution < -0.4 is 5.73 Å². The van der Waals surface area contributed by atoms with Gasteiger partial charge in [-0.05, 0) is 24.1 Å². The van der Waals surface area contributed by atoms with Gasteiger partial charge in [0.1, 0.15) is 6.61 Å². The highest BCUT2D eigenvalue weighted by atomic mass is 16.5. The number of nitrogens with two attached hydrogens (primary N) is 1. The number of aromatic nitrogens is 1. The van der Waals surface area contributed by atoms with E-state index in [1.165, 1.54) is 0 Å². The van der Waals surface area contributed by atoms with Gasteiger partial charge in [-0.3, -0.25) is 9.78 Å². The highest BCUT2D eigenvalue weighted by molar-refractivity contribution is 5.69. The summed E-state index contributed by atoms with van der Waals surface area (Å²) in [6.45, 7) is 2.07. The Hall–Kier alpha value is -1.94. The van der Waals surface area contributed by atoms with Gasteiger partial charge in [-0.15, -0.1) is 0 Å². The van der Waals surface area contributed by atoms with Crippen molar-refractivity contribution in [2.24, 2.45) is 5.73 Å². The van der Waals surface area contributed by atoms with Crippen LogP contribution in [-0.2, 0) is 15.1 Å². The van der Waals surface area contributed by atoms with Crippen LogP contribution in [0.4, 0.5) is 0 Å². The lowest BCUT2D eigenvalue weighted by Gasteiger charge is -2.29. The molecule has 2 rings (SSSR count). The fraction of sp³-hybridized carbons (Fsp3) is 0.333. The van der Waals surface area contributed by atoms with E-state index in [1.54, 1.807) is 13.1 Å². The van der Waals surface area contributed by atoms with Crippen molar-refractivity contribution in [2.45, 2.75) is 25.3 Å². The third-order valence-corrected chi connectivity index (χ3v) is 3.09. The Morgan fingerprint density at radius 2 is 2.37 bits per heavy atom. The largest absolute Gasteiger partial charge is 0.461 e. The first-order valence-electron chi connectivity index (χ1n) is 6.37. The summed E-state index contributed by atoms with van der Waals surface area (Å²) >= 11 is 0. The van der Waals surface area contributed by atoms with E-state index >= 15 is 0 Å². The van der Waals surface area contributed by atoms with Crippen LogP contribution in [0.3, 0.4) is 0 Å². The van der Waals surface area contributed by atoms with Crippen molar-refractivity contribution in [2.75, 3.05) is 6.61 Å². The maximum atomic E-state index is 11.2. The molecule has 1 heterocycles. The molecule has 1 atom stereocenters. The fourth-order valence-electron chi connectivity index (χ4n) is 2.04. The topological polar surface area (TPSA) is 65.2 Å². The Labute approximate surface area is 113 Å². The average Bonchev–Trinajstić information content (AvgIpc) is 2.46. The van der Waals surface area contributed by atoms with Crippen molar-refractivity contribution in [3.8, 4) is 0 Å². The Bertz CT molecular complexity index is 508. The Kier molecular flexibility index (Phi) is 4.12. The van der Waals surface area contributed by atoms with Gasteiger partial charge >= 0.3 is 5.97 Å². The van der Waals surface area contributed by atoms with Gasteiger partial charge in [-0.2, -0.15) is 0 Å². The van der Waals surface area contributed by atoms with E-state index in [9.17, 15) is 4.79 Å². The van der Waals surface area contributed by atoms with E-state index in [4.69, 9.17) is 10.5 Å². The van der Waals surface area contributed by atoms with Crippen molar-refractivity contribution in [1.29, 1.82) is 0 Å². The second-order valence-electron chi connectivity index (χ2n) is 4.63. The summed E-state index contributed by atoms with van der Waals surface area (Å²) in [5.74, 6) is -0.198. The molecule has 0 aliphatic heterocycles. The molecule has 2 N–H and O–H groups in total. The number of allylic oxidation sites excluding steroid dienone is 2. The third kappa shape index (κ3) is 3.29. The Balaban J connectivity index is 2.06. The van der Waals surface area contributed by atoms with Crippen molar-refractivity contribution < 1.29 is 9.53 Å². The number of pyridine rings is 1. The minimum Gasteiger partial charge on any atom is -0.461 e. The van der Waals surface area contributed by atoms with Gasteiger partial charge < -0.3 is 10.5 Å². The maximum absolute atomic E-state index is 11.2. The van der Waals surface area contributed by atoms with Crippen molar-refractivity contribution in [3.63, 3.8) is 0 Å². The van der Waals surface area contributed by atoms with Crippen molar-refractivity contribution >= 4 is 5.97 Å². The molecule has 4 nitrogen and oxygen atoms in total. The Morgan fingerprint density at radius 3 is 3.05 bits per heavy atom. The minimum absolute atomic E-state index is 0.198. The van der Waals surface area contributed by atoms with Crippen LogP contribution in [0.1, 0.15) is 25.5 Å². The molecular weight excluding hydrogens is 240 g/mol. The molecule has 0 bridgehead atoms. The van der Waals surface area contributed by atoms with Crippen LogP contribution in [0, 0.1) is 0 Å². The zero-order chi connectivity index (χ0) is 13.7. The summed E-state index contributed by atoms with van der Waals surface area (Å²) in [5.41, 5.74) is 7.57. The SMILES string of the molecule is CCC(=O)OCC1=CC=CC(N)(c2ccccn2)C1. The zero-order valence-corrected chi connectivity index (χ0v) is 11.0. The molecule has 0 radical (unpaired) electrons. The average molecular weight is 258 g/mol. The highest BCUT2D eigenvalue weighted by Crippen LogP contribution is 2.29. The lowest BCUT2D eigenvalue weighted by molar-refractivity contribution is -0.142. The van der Waals surface area contributed by atoms with Gasteiger partial charge in [0, 0.05) is 12.6 Å². The van der Waals surface area contributed by atoms with Gasteiger partial charge in [0.15, 0.2) is 0 Å². The van der Waals surface area contributed by atoms with E-state index in [0.29, 0.717) is 19.4 Å². The number of rotatable bonds is 4. The van der Waals surface area contributed by atoms with Crippen LogP contribution in [-0.4, -0.2) is 17.6 Å². The van der Waals surface area contributed by atoms with E-state index in [2.05, 4.69) is 4.98 Å². The number of hydrogen-bond donors (Lipinski definition) is 1. The molecule has 1 aromatic heterocycles. The molecule has 1 unspecified atom stereocenters. The number of hydrogen-bond acceptors (Lipinski definition) is 4. The quantitative estimate of drug-likeness (QED) is 0.840. The zero-order valence-electron chi connectivity index (χ0n) is 11.0. The summed E-state index contributed by atoms with van der Waals surface area (Å²) in [4.78, 5) is 15.5. The normalized spacial score (nSPS) is 21.9. The summed E-state index contributed by atoms with van der Waals surface area (Å²) in [5, 5.41) is 0. The minimum atomic E-state index is -0.621. The molecule has 19 heavy (non-hydrogen) atoms. The number of carbonyl (C=O) groups is 1. The molecule has 0 fully saturated rings. The van der Waals surface area contributed by atoms with Gasteiger partial charge in [0.2, 0.25) is 0 Å². The van der Waals surface area contributed by atoms with Gasteiger partial charge in [0.25, 0.3) is 0 Å². The summed E-state index contributed by atoms with van der Waals surface area (Å²) in [7, 11) is 0. The van der Waals surface area contributed by atoms with E-state index in [-0.39, 0.29) is 5.97 Å². The van der Waals surface area contributed by atoms with Gasteiger partial charge in [-0.1, -0.05) is 31.2 Å². The second-order valence-corrected chi connectivity index (χ2v) is 4.63. The highest BCUT2D eigenvalue weighted by Gasteiger charge is 2.28. The standard InChI is InChI=1S/C15H18N2O2/c1-2-14(18)19-11-12-6-5-8-15(16,10-12)13-7-3-4-9-17-13/h3-9H,2,10-11,16H2,1H3. The first-order valence-corrected chi connectivity index (χ1v) is 6.37. The molecule has 0 saturated heterocycles. The monoisotopic (exact) mass is 258 g/mol. The molecule has 100 valence electrons. The first-order chi connectivity index (χ1) is 9.14. The molecular formula is C15H18N2O2. The molecule has 0 amide bonds. The molecule has 0 spiro atoms. The summed E-state index contributed by atoms with van der Waals surface area (Å²) < 4.78 is 5.14. The molecule has 1 aromatic rings. The predicted octanol–water partition coefficient (Wildman–Crippen LogP) is 2.08. The van der Waals surface area contributed by atoms with Crippen LogP contribution in [0.25, 0.3) is 0 Å².